The average molecular weight is 298 g/mol. The van der Waals surface area contributed by atoms with Gasteiger partial charge < -0.3 is 10.1 Å². The van der Waals surface area contributed by atoms with Crippen LogP contribution < -0.4 is 10.1 Å². The van der Waals surface area contributed by atoms with Crippen LogP contribution in [0.2, 0.25) is 0 Å². The van der Waals surface area contributed by atoms with Gasteiger partial charge in [0.1, 0.15) is 11.6 Å². The van der Waals surface area contributed by atoms with Crippen LogP contribution in [0.15, 0.2) is 48.5 Å². The molecular weight excluding hydrogens is 279 g/mol. The molecule has 0 atom stereocenters. The summed E-state index contributed by atoms with van der Waals surface area (Å²) < 4.78 is 18.2. The molecule has 2 aromatic carbocycles. The molecule has 0 saturated heterocycles. The van der Waals surface area contributed by atoms with Crippen molar-refractivity contribution in [1.82, 2.24) is 5.32 Å². The van der Waals surface area contributed by atoms with Crippen LogP contribution in [0.3, 0.4) is 0 Å². The van der Waals surface area contributed by atoms with Crippen LogP contribution in [0.5, 0.6) is 5.75 Å². The molecule has 1 N–H and O–H groups in total. The minimum Gasteiger partial charge on any atom is -0.494 e. The second-order valence-electron chi connectivity index (χ2n) is 5.00. The molecule has 2 rings (SSSR count). The Bertz CT molecular complexity index is 620. The molecule has 0 fully saturated rings. The molecule has 0 aromatic heterocycles. The number of nitrogens with one attached hydrogen (secondary N) is 1. The minimum atomic E-state index is -0.253. The van der Waals surface area contributed by atoms with E-state index in [0.717, 1.165) is 31.5 Å². The maximum Gasteiger partial charge on any atom is 0.123 e. The number of unbranched alkanes of at least 4 members (excludes halogenated alkanes) is 1. The third-order valence-electron chi connectivity index (χ3n) is 3.22. The van der Waals surface area contributed by atoms with Crippen molar-refractivity contribution in [2.24, 2.45) is 0 Å². The largest absolute Gasteiger partial charge is 0.494 e. The predicted molar refractivity (Wildman–Crippen MR) is 84.0 cm³/mol. The molecule has 0 amide bonds. The van der Waals surface area contributed by atoms with Gasteiger partial charge in [-0.1, -0.05) is 12.1 Å². The fourth-order valence-corrected chi connectivity index (χ4v) is 2.06. The molecule has 0 bridgehead atoms. The molecule has 0 unspecified atom stereocenters. The third-order valence-corrected chi connectivity index (χ3v) is 3.22. The van der Waals surface area contributed by atoms with Crippen molar-refractivity contribution in [3.63, 3.8) is 0 Å². The maximum absolute atomic E-state index is 12.7. The van der Waals surface area contributed by atoms with Crippen molar-refractivity contribution >= 4 is 0 Å². The van der Waals surface area contributed by atoms with Gasteiger partial charge >= 0.3 is 0 Å². The van der Waals surface area contributed by atoms with Gasteiger partial charge in [0.25, 0.3) is 0 Å². The molecule has 0 spiro atoms. The lowest BCUT2D eigenvalue weighted by atomic mass is 10.1. The van der Waals surface area contributed by atoms with Gasteiger partial charge in [0.15, 0.2) is 0 Å². The molecular formula is C18H19FN2O. The lowest BCUT2D eigenvalue weighted by molar-refractivity contribution is 0.305. The Hall–Kier alpha value is -2.38. The Morgan fingerprint density at radius 1 is 1.09 bits per heavy atom. The predicted octanol–water partition coefficient (Wildman–Crippen LogP) is 3.65. The Morgan fingerprint density at radius 3 is 2.68 bits per heavy atom. The van der Waals surface area contributed by atoms with Crippen molar-refractivity contribution in [3.8, 4) is 11.8 Å². The van der Waals surface area contributed by atoms with Crippen LogP contribution in [-0.4, -0.2) is 13.2 Å². The van der Waals surface area contributed by atoms with Crippen molar-refractivity contribution in [1.29, 1.82) is 5.26 Å². The molecule has 0 aliphatic rings. The SMILES string of the molecule is N#Cc1cccc(CNCCCCOc2ccc(F)cc2)c1. The molecule has 0 saturated carbocycles. The highest BCUT2D eigenvalue weighted by Gasteiger charge is 1.97. The molecule has 4 heteroatoms. The molecule has 2 aromatic rings. The summed E-state index contributed by atoms with van der Waals surface area (Å²) in [7, 11) is 0. The van der Waals surface area contributed by atoms with Crippen LogP contribution in [0.1, 0.15) is 24.0 Å². The molecule has 0 aliphatic carbocycles. The molecule has 0 aliphatic heterocycles. The van der Waals surface area contributed by atoms with Crippen LogP contribution in [0, 0.1) is 17.1 Å². The fraction of sp³-hybridized carbons (Fsp3) is 0.278. The number of hydrogen-bond donors (Lipinski definition) is 1. The minimum absolute atomic E-state index is 0.253. The van der Waals surface area contributed by atoms with Gasteiger partial charge in [0.05, 0.1) is 18.2 Å². The molecule has 22 heavy (non-hydrogen) atoms. The standard InChI is InChI=1S/C18H19FN2O/c19-17-6-8-18(9-7-17)22-11-2-1-10-21-14-16-5-3-4-15(12-16)13-20/h3-9,12,21H,1-2,10-11,14H2. The highest BCUT2D eigenvalue weighted by Crippen LogP contribution is 2.11. The fourth-order valence-electron chi connectivity index (χ4n) is 2.06. The zero-order valence-corrected chi connectivity index (χ0v) is 12.4. The summed E-state index contributed by atoms with van der Waals surface area (Å²) in [5.41, 5.74) is 1.80. The van der Waals surface area contributed by atoms with Crippen molar-refractivity contribution < 1.29 is 9.13 Å². The van der Waals surface area contributed by atoms with Crippen LogP contribution in [0.25, 0.3) is 0 Å². The number of benzene rings is 2. The highest BCUT2D eigenvalue weighted by molar-refractivity contribution is 5.32. The van der Waals surface area contributed by atoms with E-state index < -0.39 is 0 Å². The van der Waals surface area contributed by atoms with Gasteiger partial charge in [-0.05, 0) is 61.3 Å². The second-order valence-corrected chi connectivity index (χ2v) is 5.00. The van der Waals surface area contributed by atoms with Gasteiger partial charge in [-0.2, -0.15) is 5.26 Å². The van der Waals surface area contributed by atoms with Crippen LogP contribution in [0.4, 0.5) is 4.39 Å². The number of halogens is 1. The average Bonchev–Trinajstić information content (AvgIpc) is 2.56. The first kappa shape index (κ1) is 16.0. The van der Waals surface area contributed by atoms with E-state index >= 15 is 0 Å². The van der Waals surface area contributed by atoms with E-state index in [1.807, 2.05) is 18.2 Å². The first-order valence-electron chi connectivity index (χ1n) is 7.36. The van der Waals surface area contributed by atoms with Crippen LogP contribution >= 0.6 is 0 Å². The summed E-state index contributed by atoms with van der Waals surface area (Å²) in [5.74, 6) is 0.444. The highest BCUT2D eigenvalue weighted by atomic mass is 19.1. The normalized spacial score (nSPS) is 10.2. The van der Waals surface area contributed by atoms with E-state index in [4.69, 9.17) is 10.00 Å². The number of nitrogens with zero attached hydrogens (tertiary/aromatic N) is 1. The Balaban J connectivity index is 1.56. The van der Waals surface area contributed by atoms with Gasteiger partial charge in [-0.3, -0.25) is 0 Å². The van der Waals surface area contributed by atoms with Gasteiger partial charge in [0, 0.05) is 6.54 Å². The first-order valence-corrected chi connectivity index (χ1v) is 7.36. The zero-order valence-electron chi connectivity index (χ0n) is 12.4. The van der Waals surface area contributed by atoms with E-state index in [1.54, 1.807) is 18.2 Å². The number of nitriles is 1. The number of hydrogen-bond acceptors (Lipinski definition) is 3. The zero-order chi connectivity index (χ0) is 15.6. The van der Waals surface area contributed by atoms with E-state index in [0.29, 0.717) is 17.9 Å². The third kappa shape index (κ3) is 5.55. The van der Waals surface area contributed by atoms with E-state index in [9.17, 15) is 4.39 Å². The first-order chi connectivity index (χ1) is 10.8. The van der Waals surface area contributed by atoms with Crippen molar-refractivity contribution in [2.75, 3.05) is 13.2 Å². The topological polar surface area (TPSA) is 45.0 Å². The lowest BCUT2D eigenvalue weighted by Gasteiger charge is -2.07. The summed E-state index contributed by atoms with van der Waals surface area (Å²) in [4.78, 5) is 0. The summed E-state index contributed by atoms with van der Waals surface area (Å²) in [6.07, 6.45) is 1.93. The van der Waals surface area contributed by atoms with E-state index in [-0.39, 0.29) is 5.82 Å². The van der Waals surface area contributed by atoms with Crippen molar-refractivity contribution in [2.45, 2.75) is 19.4 Å². The molecule has 0 radical (unpaired) electrons. The lowest BCUT2D eigenvalue weighted by Crippen LogP contribution is -2.15. The summed E-state index contributed by atoms with van der Waals surface area (Å²) in [6, 6.07) is 15.8. The van der Waals surface area contributed by atoms with E-state index in [1.165, 1.54) is 12.1 Å². The second kappa shape index (κ2) is 8.81. The number of ether oxygens (including phenoxy) is 1. The molecule has 0 heterocycles. The Kier molecular flexibility index (Phi) is 6.40. The van der Waals surface area contributed by atoms with Crippen LogP contribution in [-0.2, 0) is 6.54 Å². The molecule has 3 nitrogen and oxygen atoms in total. The Labute approximate surface area is 130 Å². The summed E-state index contributed by atoms with van der Waals surface area (Å²) in [6.45, 7) is 2.27. The van der Waals surface area contributed by atoms with Crippen molar-refractivity contribution in [3.05, 3.63) is 65.5 Å². The van der Waals surface area contributed by atoms with Gasteiger partial charge in [-0.15, -0.1) is 0 Å². The van der Waals surface area contributed by atoms with Gasteiger partial charge in [-0.25, -0.2) is 4.39 Å². The Morgan fingerprint density at radius 2 is 1.91 bits per heavy atom. The quantitative estimate of drug-likeness (QED) is 0.757. The summed E-state index contributed by atoms with van der Waals surface area (Å²) in [5, 5.41) is 12.2. The monoisotopic (exact) mass is 298 g/mol. The molecule has 114 valence electrons. The smallest absolute Gasteiger partial charge is 0.123 e. The van der Waals surface area contributed by atoms with Gasteiger partial charge in [0.2, 0.25) is 0 Å². The number of rotatable bonds is 8. The maximum atomic E-state index is 12.7. The van der Waals surface area contributed by atoms with E-state index in [2.05, 4.69) is 11.4 Å². The summed E-state index contributed by atoms with van der Waals surface area (Å²) >= 11 is 0.